The number of phenolic OH excluding ortho intramolecular Hbond substituents is 1. The summed E-state index contributed by atoms with van der Waals surface area (Å²) in [6.45, 7) is 3.76. The molecule has 1 aromatic carbocycles. The van der Waals surface area contributed by atoms with Crippen LogP contribution >= 0.6 is 0 Å². The molecule has 0 aromatic heterocycles. The molecule has 0 heterocycles. The molecule has 0 aliphatic carbocycles. The number of nitrogens with one attached hydrogen (secondary N) is 1. The molecule has 0 bridgehead atoms. The molecule has 0 aliphatic heterocycles. The van der Waals surface area contributed by atoms with Crippen molar-refractivity contribution in [2.45, 2.75) is 26.3 Å². The first-order valence-corrected chi connectivity index (χ1v) is 5.99. The molecule has 0 saturated heterocycles. The summed E-state index contributed by atoms with van der Waals surface area (Å²) < 4.78 is 0. The number of aromatic carboxylic acids is 1. The first kappa shape index (κ1) is 15.0. The third-order valence-electron chi connectivity index (χ3n) is 3.06. The van der Waals surface area contributed by atoms with Gasteiger partial charge in [-0.25, -0.2) is 4.79 Å². The number of carbonyl (C=O) groups is 2. The maximum absolute atomic E-state index is 11.9. The summed E-state index contributed by atoms with van der Waals surface area (Å²) in [5, 5.41) is 20.9. The van der Waals surface area contributed by atoms with Crippen molar-refractivity contribution in [2.75, 3.05) is 5.32 Å². The van der Waals surface area contributed by atoms with Crippen molar-refractivity contribution in [1.29, 1.82) is 0 Å². The summed E-state index contributed by atoms with van der Waals surface area (Å²) in [5.74, 6) is -1.80. The number of aromatic hydroxyl groups is 1. The molecule has 5 N–H and O–H groups in total. The molecule has 2 atom stereocenters. The number of hydrogen-bond acceptors (Lipinski definition) is 4. The largest absolute Gasteiger partial charge is 0.506 e. The average Bonchev–Trinajstić information content (AvgIpc) is 2.38. The van der Waals surface area contributed by atoms with Gasteiger partial charge in [-0.2, -0.15) is 0 Å². The second kappa shape index (κ2) is 6.19. The van der Waals surface area contributed by atoms with Gasteiger partial charge in [0.1, 0.15) is 5.75 Å². The summed E-state index contributed by atoms with van der Waals surface area (Å²) in [4.78, 5) is 22.7. The maximum atomic E-state index is 11.9. The van der Waals surface area contributed by atoms with E-state index >= 15 is 0 Å². The van der Waals surface area contributed by atoms with Crippen LogP contribution < -0.4 is 11.1 Å². The minimum absolute atomic E-state index is 0.00945. The Morgan fingerprint density at radius 1 is 1.42 bits per heavy atom. The zero-order chi connectivity index (χ0) is 14.6. The predicted molar refractivity (Wildman–Crippen MR) is 71.1 cm³/mol. The van der Waals surface area contributed by atoms with E-state index in [2.05, 4.69) is 5.32 Å². The highest BCUT2D eigenvalue weighted by Gasteiger charge is 2.20. The van der Waals surface area contributed by atoms with Crippen LogP contribution in [0.4, 0.5) is 5.69 Å². The molecule has 0 spiro atoms. The van der Waals surface area contributed by atoms with E-state index in [9.17, 15) is 14.7 Å². The first-order chi connectivity index (χ1) is 8.86. The predicted octanol–water partition coefficient (Wildman–Crippen LogP) is 1.40. The molecule has 6 nitrogen and oxygen atoms in total. The normalized spacial score (nSPS) is 13.6. The Labute approximate surface area is 111 Å². The molecule has 104 valence electrons. The standard InChI is InChI=1S/C13H18N2O4/c1-3-7(2)11(14)12(17)15-9-6-8(13(18)19)4-5-10(9)16/h4-7,11,16H,3,14H2,1-2H3,(H,15,17)(H,18,19)/t7-,11-/m0/s1. The smallest absolute Gasteiger partial charge is 0.335 e. The van der Waals surface area contributed by atoms with E-state index in [4.69, 9.17) is 10.8 Å². The number of carboxylic acids is 1. The van der Waals surface area contributed by atoms with Crippen molar-refractivity contribution in [3.05, 3.63) is 23.8 Å². The van der Waals surface area contributed by atoms with Crippen molar-refractivity contribution in [1.82, 2.24) is 0 Å². The molecular formula is C13H18N2O4. The van der Waals surface area contributed by atoms with Gasteiger partial charge < -0.3 is 21.3 Å². The fourth-order valence-electron chi connectivity index (χ4n) is 1.50. The van der Waals surface area contributed by atoms with Crippen molar-refractivity contribution in [2.24, 2.45) is 11.7 Å². The molecule has 0 saturated carbocycles. The van der Waals surface area contributed by atoms with Gasteiger partial charge in [-0.1, -0.05) is 20.3 Å². The van der Waals surface area contributed by atoms with E-state index in [1.54, 1.807) is 0 Å². The van der Waals surface area contributed by atoms with Gasteiger partial charge in [-0.3, -0.25) is 4.79 Å². The molecule has 1 rings (SSSR count). The van der Waals surface area contributed by atoms with E-state index in [-0.39, 0.29) is 22.9 Å². The zero-order valence-corrected chi connectivity index (χ0v) is 10.9. The molecule has 0 fully saturated rings. The Hall–Kier alpha value is -2.08. The van der Waals surface area contributed by atoms with Gasteiger partial charge in [0, 0.05) is 0 Å². The van der Waals surface area contributed by atoms with Gasteiger partial charge in [0.25, 0.3) is 0 Å². The summed E-state index contributed by atoms with van der Waals surface area (Å²) in [7, 11) is 0. The molecule has 6 heteroatoms. The fraction of sp³-hybridized carbons (Fsp3) is 0.385. The van der Waals surface area contributed by atoms with Crippen LogP contribution in [0.3, 0.4) is 0 Å². The first-order valence-electron chi connectivity index (χ1n) is 5.99. The maximum Gasteiger partial charge on any atom is 0.335 e. The number of carboxylic acid groups (broad SMARTS) is 1. The van der Waals surface area contributed by atoms with Gasteiger partial charge in [-0.05, 0) is 24.1 Å². The number of amides is 1. The highest BCUT2D eigenvalue weighted by atomic mass is 16.4. The zero-order valence-electron chi connectivity index (χ0n) is 10.9. The minimum Gasteiger partial charge on any atom is -0.506 e. The van der Waals surface area contributed by atoms with Crippen LogP contribution in [0.1, 0.15) is 30.6 Å². The average molecular weight is 266 g/mol. The van der Waals surface area contributed by atoms with E-state index in [1.165, 1.54) is 18.2 Å². The van der Waals surface area contributed by atoms with Crippen molar-refractivity contribution in [3.8, 4) is 5.75 Å². The van der Waals surface area contributed by atoms with Gasteiger partial charge in [0.05, 0.1) is 17.3 Å². The number of carbonyl (C=O) groups excluding carboxylic acids is 1. The number of hydrogen-bond donors (Lipinski definition) is 4. The summed E-state index contributed by atoms with van der Waals surface area (Å²) >= 11 is 0. The van der Waals surface area contributed by atoms with Crippen LogP contribution in [0, 0.1) is 5.92 Å². The summed E-state index contributed by atoms with van der Waals surface area (Å²) in [6, 6.07) is 2.95. The Bertz CT molecular complexity index is 488. The Morgan fingerprint density at radius 3 is 2.58 bits per heavy atom. The van der Waals surface area contributed by atoms with Crippen LogP contribution in [-0.4, -0.2) is 28.1 Å². The lowest BCUT2D eigenvalue weighted by Gasteiger charge is -2.18. The van der Waals surface area contributed by atoms with Crippen molar-refractivity contribution in [3.63, 3.8) is 0 Å². The molecule has 0 aliphatic rings. The minimum atomic E-state index is -1.14. The molecule has 0 radical (unpaired) electrons. The fourth-order valence-corrected chi connectivity index (χ4v) is 1.50. The van der Waals surface area contributed by atoms with Crippen LogP contribution in [0.15, 0.2) is 18.2 Å². The van der Waals surface area contributed by atoms with Crippen LogP contribution in [-0.2, 0) is 4.79 Å². The van der Waals surface area contributed by atoms with Crippen molar-refractivity contribution < 1.29 is 19.8 Å². The molecule has 1 amide bonds. The lowest BCUT2D eigenvalue weighted by Crippen LogP contribution is -2.40. The highest BCUT2D eigenvalue weighted by Crippen LogP contribution is 2.24. The Balaban J connectivity index is 2.90. The van der Waals surface area contributed by atoms with E-state index in [0.29, 0.717) is 0 Å². The van der Waals surface area contributed by atoms with Crippen LogP contribution in [0.5, 0.6) is 5.75 Å². The summed E-state index contributed by atoms with van der Waals surface area (Å²) in [6.07, 6.45) is 0.746. The monoisotopic (exact) mass is 266 g/mol. The second-order valence-corrected chi connectivity index (χ2v) is 4.44. The molecule has 1 aromatic rings. The third-order valence-corrected chi connectivity index (χ3v) is 3.06. The van der Waals surface area contributed by atoms with Gasteiger partial charge >= 0.3 is 5.97 Å². The number of benzene rings is 1. The highest BCUT2D eigenvalue weighted by molar-refractivity contribution is 5.98. The summed E-state index contributed by atoms with van der Waals surface area (Å²) in [5.41, 5.74) is 5.78. The lowest BCUT2D eigenvalue weighted by molar-refractivity contribution is -0.118. The quantitative estimate of drug-likeness (QED) is 0.602. The van der Waals surface area contributed by atoms with Gasteiger partial charge in [-0.15, -0.1) is 0 Å². The van der Waals surface area contributed by atoms with E-state index < -0.39 is 17.9 Å². The Morgan fingerprint density at radius 2 is 2.05 bits per heavy atom. The SMILES string of the molecule is CC[C@H](C)[C@H](N)C(=O)Nc1cc(C(=O)O)ccc1O. The van der Waals surface area contributed by atoms with Gasteiger partial charge in [0.15, 0.2) is 0 Å². The number of rotatable bonds is 5. The van der Waals surface area contributed by atoms with Gasteiger partial charge in [0.2, 0.25) is 5.91 Å². The van der Waals surface area contributed by atoms with Crippen molar-refractivity contribution >= 4 is 17.6 Å². The van der Waals surface area contributed by atoms with Crippen LogP contribution in [0.25, 0.3) is 0 Å². The molecule has 0 unspecified atom stereocenters. The number of phenols is 1. The number of anilines is 1. The lowest BCUT2D eigenvalue weighted by atomic mass is 9.99. The van der Waals surface area contributed by atoms with Crippen LogP contribution in [0.2, 0.25) is 0 Å². The topological polar surface area (TPSA) is 113 Å². The van der Waals surface area contributed by atoms with E-state index in [0.717, 1.165) is 6.42 Å². The second-order valence-electron chi connectivity index (χ2n) is 4.44. The number of nitrogens with two attached hydrogens (primary N) is 1. The Kier molecular flexibility index (Phi) is 4.88. The molecule has 19 heavy (non-hydrogen) atoms. The third kappa shape index (κ3) is 3.69. The van der Waals surface area contributed by atoms with E-state index in [1.807, 2.05) is 13.8 Å². The molecular weight excluding hydrogens is 248 g/mol.